The molecule has 0 radical (unpaired) electrons. The summed E-state index contributed by atoms with van der Waals surface area (Å²) in [5.74, 6) is -1.13. The molecule has 1 aromatic heterocycles. The molecule has 0 amide bonds. The molecule has 1 aliphatic heterocycles. The van der Waals surface area contributed by atoms with Crippen molar-refractivity contribution in [2.75, 3.05) is 19.3 Å². The number of ketones is 1. The van der Waals surface area contributed by atoms with Gasteiger partial charge in [0.1, 0.15) is 0 Å². The predicted molar refractivity (Wildman–Crippen MR) is 119 cm³/mol. The van der Waals surface area contributed by atoms with E-state index in [1.807, 2.05) is 30.5 Å². The zero-order chi connectivity index (χ0) is 22.9. The van der Waals surface area contributed by atoms with Gasteiger partial charge in [-0.1, -0.05) is 11.6 Å². The maximum absolute atomic E-state index is 13.0. The number of nitrogens with zero attached hydrogens (tertiary/aromatic N) is 2. The highest BCUT2D eigenvalue weighted by Crippen LogP contribution is 2.25. The molecule has 0 spiro atoms. The molecular weight excluding hydrogens is 440 g/mol. The number of carbonyl (C=O) groups is 2. The lowest BCUT2D eigenvalue weighted by atomic mass is 9.98. The quantitative estimate of drug-likeness (QED) is 0.480. The molecule has 2 aromatic rings. The van der Waals surface area contributed by atoms with Gasteiger partial charge in [-0.15, -0.1) is 0 Å². The Bertz CT molecular complexity index is 1080. The molecular formula is C22H27ClN2O5S. The molecule has 0 aliphatic carbocycles. The number of Topliss-reactive ketones (excluding diaryl/α,β-unsaturated/α-hetero) is 1. The molecule has 7 nitrogen and oxygen atoms in total. The summed E-state index contributed by atoms with van der Waals surface area (Å²) >= 11 is 5.97. The van der Waals surface area contributed by atoms with E-state index >= 15 is 0 Å². The number of aromatic nitrogens is 1. The Morgan fingerprint density at radius 1 is 1.13 bits per heavy atom. The number of piperidine rings is 1. The molecule has 9 heteroatoms. The summed E-state index contributed by atoms with van der Waals surface area (Å²) in [6.45, 7) is 5.89. The first-order valence-electron chi connectivity index (χ1n) is 10.1. The SMILES string of the molecule is Cc1cc(C(=O)[C@@H](C)OC(=O)C2CCN(S(C)(=O)=O)CC2)c(C)n1-c1ccc(Cl)cc1. The van der Waals surface area contributed by atoms with Crippen LogP contribution >= 0.6 is 11.6 Å². The van der Waals surface area contributed by atoms with E-state index in [1.54, 1.807) is 25.1 Å². The van der Waals surface area contributed by atoms with Crippen LogP contribution in [0.1, 0.15) is 41.5 Å². The van der Waals surface area contributed by atoms with Crippen molar-refractivity contribution in [2.45, 2.75) is 39.7 Å². The summed E-state index contributed by atoms with van der Waals surface area (Å²) in [5.41, 5.74) is 3.03. The van der Waals surface area contributed by atoms with Crippen molar-refractivity contribution in [1.82, 2.24) is 8.87 Å². The Labute approximate surface area is 188 Å². The van der Waals surface area contributed by atoms with E-state index in [4.69, 9.17) is 16.3 Å². The second kappa shape index (κ2) is 9.14. The number of rotatable bonds is 6. The van der Waals surface area contributed by atoms with E-state index in [2.05, 4.69) is 0 Å². The van der Waals surface area contributed by atoms with Crippen LogP contribution in [0.25, 0.3) is 5.69 Å². The third-order valence-electron chi connectivity index (χ3n) is 5.70. The Morgan fingerprint density at radius 3 is 2.26 bits per heavy atom. The van der Waals surface area contributed by atoms with Gasteiger partial charge in [0, 0.05) is 40.8 Å². The van der Waals surface area contributed by atoms with E-state index in [1.165, 1.54) is 4.31 Å². The number of hydrogen-bond acceptors (Lipinski definition) is 5. The summed E-state index contributed by atoms with van der Waals surface area (Å²) in [6.07, 6.45) is 1.00. The van der Waals surface area contributed by atoms with Crippen molar-refractivity contribution in [2.24, 2.45) is 5.92 Å². The first-order chi connectivity index (χ1) is 14.5. The lowest BCUT2D eigenvalue weighted by molar-refractivity contribution is -0.152. The molecule has 168 valence electrons. The Morgan fingerprint density at radius 2 is 1.71 bits per heavy atom. The molecule has 3 rings (SSSR count). The van der Waals surface area contributed by atoms with Gasteiger partial charge < -0.3 is 9.30 Å². The Kier molecular flexibility index (Phi) is 6.93. The van der Waals surface area contributed by atoms with Gasteiger partial charge >= 0.3 is 5.97 Å². The Hall–Kier alpha value is -2.16. The van der Waals surface area contributed by atoms with Crippen LogP contribution in [-0.4, -0.2) is 54.5 Å². The standard InChI is InChI=1S/C22H27ClN2O5S/c1-14-13-20(15(2)25(14)19-7-5-18(23)6-8-19)21(26)16(3)30-22(27)17-9-11-24(12-10-17)31(4,28)29/h5-8,13,16-17H,9-12H2,1-4H3/t16-/m1/s1. The fraction of sp³-hybridized carbons (Fsp3) is 0.455. The fourth-order valence-corrected chi connectivity index (χ4v) is 4.97. The van der Waals surface area contributed by atoms with E-state index in [-0.39, 0.29) is 18.9 Å². The van der Waals surface area contributed by atoms with Gasteiger partial charge in [0.25, 0.3) is 0 Å². The van der Waals surface area contributed by atoms with Crippen molar-refractivity contribution in [1.29, 1.82) is 0 Å². The second-order valence-corrected chi connectivity index (χ2v) is 10.4. The highest BCUT2D eigenvalue weighted by molar-refractivity contribution is 7.88. The molecule has 2 heterocycles. The molecule has 0 saturated carbocycles. The summed E-state index contributed by atoms with van der Waals surface area (Å²) in [5, 5.41) is 0.630. The van der Waals surface area contributed by atoms with Crippen molar-refractivity contribution in [3.05, 3.63) is 52.3 Å². The zero-order valence-electron chi connectivity index (χ0n) is 18.1. The van der Waals surface area contributed by atoms with E-state index in [9.17, 15) is 18.0 Å². The van der Waals surface area contributed by atoms with Gasteiger partial charge in [-0.3, -0.25) is 9.59 Å². The lowest BCUT2D eigenvalue weighted by Crippen LogP contribution is -2.40. The smallest absolute Gasteiger partial charge is 0.309 e. The minimum absolute atomic E-state index is 0.268. The number of esters is 1. The molecule has 0 bridgehead atoms. The number of ether oxygens (including phenoxy) is 1. The van der Waals surface area contributed by atoms with Gasteiger partial charge in [-0.25, -0.2) is 12.7 Å². The fourth-order valence-electron chi connectivity index (χ4n) is 3.97. The Balaban J connectivity index is 1.69. The van der Waals surface area contributed by atoms with Crippen molar-refractivity contribution in [3.63, 3.8) is 0 Å². The number of aryl methyl sites for hydroxylation is 1. The maximum Gasteiger partial charge on any atom is 0.309 e. The van der Waals surface area contributed by atoms with Crippen molar-refractivity contribution < 1.29 is 22.7 Å². The van der Waals surface area contributed by atoms with E-state index in [0.717, 1.165) is 23.3 Å². The van der Waals surface area contributed by atoms with Crippen LogP contribution in [0.15, 0.2) is 30.3 Å². The van der Waals surface area contributed by atoms with Crippen LogP contribution in [0.2, 0.25) is 5.02 Å². The third-order valence-corrected chi connectivity index (χ3v) is 7.26. The van der Waals surface area contributed by atoms with Crippen molar-refractivity contribution >= 4 is 33.4 Å². The number of hydrogen-bond donors (Lipinski definition) is 0. The predicted octanol–water partition coefficient (Wildman–Crippen LogP) is 3.53. The number of benzene rings is 1. The number of halogens is 1. The summed E-state index contributed by atoms with van der Waals surface area (Å²) < 4.78 is 32.0. The molecule has 1 saturated heterocycles. The monoisotopic (exact) mass is 466 g/mol. The highest BCUT2D eigenvalue weighted by atomic mass is 35.5. The molecule has 1 aromatic carbocycles. The highest BCUT2D eigenvalue weighted by Gasteiger charge is 2.32. The normalized spacial score (nSPS) is 16.8. The van der Waals surface area contributed by atoms with Gasteiger partial charge in [-0.2, -0.15) is 0 Å². The summed E-state index contributed by atoms with van der Waals surface area (Å²) in [6, 6.07) is 9.13. The summed E-state index contributed by atoms with van der Waals surface area (Å²) in [7, 11) is -3.26. The molecule has 0 unspecified atom stereocenters. The van der Waals surface area contributed by atoms with Crippen LogP contribution in [0.5, 0.6) is 0 Å². The van der Waals surface area contributed by atoms with Crippen LogP contribution in [0.3, 0.4) is 0 Å². The molecule has 31 heavy (non-hydrogen) atoms. The van der Waals surface area contributed by atoms with Crippen LogP contribution in [-0.2, 0) is 19.6 Å². The minimum atomic E-state index is -3.26. The lowest BCUT2D eigenvalue weighted by Gasteiger charge is -2.29. The zero-order valence-corrected chi connectivity index (χ0v) is 19.7. The van der Waals surface area contributed by atoms with Gasteiger partial charge in [0.05, 0.1) is 12.2 Å². The molecule has 0 N–H and O–H groups in total. The third kappa shape index (κ3) is 5.19. The van der Waals surface area contributed by atoms with Crippen LogP contribution in [0, 0.1) is 19.8 Å². The molecule has 1 atom stereocenters. The first kappa shape index (κ1) is 23.5. The topological polar surface area (TPSA) is 85.7 Å². The molecule has 1 fully saturated rings. The van der Waals surface area contributed by atoms with Crippen LogP contribution in [0.4, 0.5) is 0 Å². The average molecular weight is 467 g/mol. The van der Waals surface area contributed by atoms with Crippen molar-refractivity contribution in [3.8, 4) is 5.69 Å². The maximum atomic E-state index is 13.0. The number of sulfonamides is 1. The van der Waals surface area contributed by atoms with E-state index < -0.39 is 28.0 Å². The van der Waals surface area contributed by atoms with Crippen LogP contribution < -0.4 is 0 Å². The van der Waals surface area contributed by atoms with Gasteiger partial charge in [-0.05, 0) is 63.9 Å². The second-order valence-electron chi connectivity index (χ2n) is 7.98. The van der Waals surface area contributed by atoms with Gasteiger partial charge in [0.2, 0.25) is 15.8 Å². The number of carbonyl (C=O) groups excluding carboxylic acids is 2. The van der Waals surface area contributed by atoms with E-state index in [0.29, 0.717) is 23.4 Å². The minimum Gasteiger partial charge on any atom is -0.454 e. The van der Waals surface area contributed by atoms with Gasteiger partial charge in [0.15, 0.2) is 6.10 Å². The molecule has 1 aliphatic rings. The first-order valence-corrected chi connectivity index (χ1v) is 12.4. The summed E-state index contributed by atoms with van der Waals surface area (Å²) in [4.78, 5) is 25.6. The largest absolute Gasteiger partial charge is 0.454 e. The average Bonchev–Trinajstić information content (AvgIpc) is 3.01.